The molecule has 2 aliphatic carbocycles. The summed E-state index contributed by atoms with van der Waals surface area (Å²) in [5.41, 5.74) is 1.57. The maximum atomic E-state index is 11.3. The number of hydrogen-bond donors (Lipinski definition) is 0. The molecule has 0 unspecified atom stereocenters. The Morgan fingerprint density at radius 2 is 2.14 bits per heavy atom. The average Bonchev–Trinajstić information content (AvgIpc) is 2.77. The standard InChI is InChI=1S/C18H28O4/c1-10-8-14(21-12(3)19)9-13-6-7-15-16(18(10,13)4)11(2)17(20-5)22-15/h9-11,14-17H,6-8H2,1-5H3/t10-,11-,14-,15-,16-,17+,18+/m0/s1. The topological polar surface area (TPSA) is 44.8 Å². The summed E-state index contributed by atoms with van der Waals surface area (Å²) in [5.74, 6) is 1.14. The van der Waals surface area contributed by atoms with Crippen LogP contribution in [0.5, 0.6) is 0 Å². The third-order valence-electron chi connectivity index (χ3n) is 6.33. The van der Waals surface area contributed by atoms with Crippen molar-refractivity contribution in [3.8, 4) is 0 Å². The van der Waals surface area contributed by atoms with Crippen molar-refractivity contribution >= 4 is 5.97 Å². The van der Waals surface area contributed by atoms with Crippen molar-refractivity contribution in [1.82, 2.24) is 0 Å². The first-order chi connectivity index (χ1) is 10.4. The Balaban J connectivity index is 1.92. The van der Waals surface area contributed by atoms with Gasteiger partial charge in [0, 0.05) is 25.9 Å². The minimum Gasteiger partial charge on any atom is -0.458 e. The molecule has 1 aliphatic heterocycles. The zero-order valence-electron chi connectivity index (χ0n) is 14.3. The first-order valence-electron chi connectivity index (χ1n) is 8.44. The molecule has 1 saturated carbocycles. The number of carbonyl (C=O) groups is 1. The van der Waals surface area contributed by atoms with Crippen LogP contribution in [0.15, 0.2) is 11.6 Å². The number of carbonyl (C=O) groups excluding carboxylic acids is 1. The van der Waals surface area contributed by atoms with Crippen molar-refractivity contribution in [3.05, 3.63) is 11.6 Å². The number of ether oxygens (including phenoxy) is 3. The Labute approximate surface area is 133 Å². The lowest BCUT2D eigenvalue weighted by Gasteiger charge is -2.52. The first-order valence-corrected chi connectivity index (χ1v) is 8.44. The van der Waals surface area contributed by atoms with Crippen molar-refractivity contribution in [2.24, 2.45) is 23.2 Å². The number of esters is 1. The van der Waals surface area contributed by atoms with E-state index in [1.807, 2.05) is 0 Å². The Kier molecular flexibility index (Phi) is 4.11. The largest absolute Gasteiger partial charge is 0.458 e. The van der Waals surface area contributed by atoms with Gasteiger partial charge in [-0.1, -0.05) is 26.3 Å². The molecule has 4 heteroatoms. The molecule has 0 aromatic rings. The zero-order chi connectivity index (χ0) is 16.1. The molecule has 0 N–H and O–H groups in total. The molecule has 7 atom stereocenters. The quantitative estimate of drug-likeness (QED) is 0.580. The lowest BCUT2D eigenvalue weighted by molar-refractivity contribution is -0.146. The van der Waals surface area contributed by atoms with Gasteiger partial charge in [-0.15, -0.1) is 0 Å². The van der Waals surface area contributed by atoms with E-state index in [0.717, 1.165) is 19.3 Å². The van der Waals surface area contributed by atoms with E-state index in [4.69, 9.17) is 14.2 Å². The predicted molar refractivity (Wildman–Crippen MR) is 83.1 cm³/mol. The SMILES string of the molecule is CO[C@@H]1O[C@H]2CCC3=C[C@@H](OC(C)=O)C[C@H](C)[C@@]3(C)[C@H]2[C@@H]1C. The number of rotatable bonds is 2. The van der Waals surface area contributed by atoms with Crippen molar-refractivity contribution in [2.45, 2.75) is 65.5 Å². The summed E-state index contributed by atoms with van der Waals surface area (Å²) in [6, 6.07) is 0. The lowest BCUT2D eigenvalue weighted by Crippen LogP contribution is -2.49. The Morgan fingerprint density at radius 3 is 2.77 bits per heavy atom. The number of hydrogen-bond acceptors (Lipinski definition) is 4. The third kappa shape index (κ3) is 2.31. The molecule has 4 nitrogen and oxygen atoms in total. The summed E-state index contributed by atoms with van der Waals surface area (Å²) in [6.45, 7) is 8.41. The van der Waals surface area contributed by atoms with Crippen LogP contribution in [0, 0.1) is 23.2 Å². The zero-order valence-corrected chi connectivity index (χ0v) is 14.3. The van der Waals surface area contributed by atoms with E-state index >= 15 is 0 Å². The van der Waals surface area contributed by atoms with Crippen LogP contribution >= 0.6 is 0 Å². The highest BCUT2D eigenvalue weighted by Crippen LogP contribution is 2.59. The van der Waals surface area contributed by atoms with E-state index in [1.165, 1.54) is 12.5 Å². The summed E-state index contributed by atoms with van der Waals surface area (Å²) in [5, 5.41) is 0. The van der Waals surface area contributed by atoms with Gasteiger partial charge in [-0.3, -0.25) is 4.79 Å². The second-order valence-corrected chi connectivity index (χ2v) is 7.46. The minimum atomic E-state index is -0.191. The van der Waals surface area contributed by atoms with E-state index in [0.29, 0.717) is 17.8 Å². The van der Waals surface area contributed by atoms with Crippen LogP contribution < -0.4 is 0 Å². The van der Waals surface area contributed by atoms with Gasteiger partial charge in [-0.2, -0.15) is 0 Å². The van der Waals surface area contributed by atoms with E-state index in [-0.39, 0.29) is 29.9 Å². The second-order valence-electron chi connectivity index (χ2n) is 7.46. The van der Waals surface area contributed by atoms with Crippen molar-refractivity contribution in [3.63, 3.8) is 0 Å². The molecular weight excluding hydrogens is 280 g/mol. The predicted octanol–water partition coefficient (Wildman–Crippen LogP) is 3.31. The van der Waals surface area contributed by atoms with Crippen LogP contribution in [0.3, 0.4) is 0 Å². The molecule has 1 heterocycles. The first kappa shape index (κ1) is 16.0. The molecule has 0 amide bonds. The number of methoxy groups -OCH3 is 1. The van der Waals surface area contributed by atoms with E-state index in [1.54, 1.807) is 7.11 Å². The molecular formula is C18H28O4. The molecule has 1 saturated heterocycles. The Bertz CT molecular complexity index is 483. The van der Waals surface area contributed by atoms with Crippen LogP contribution in [0.4, 0.5) is 0 Å². The van der Waals surface area contributed by atoms with Crippen molar-refractivity contribution in [2.75, 3.05) is 7.11 Å². The fourth-order valence-corrected chi connectivity index (χ4v) is 5.21. The molecule has 0 radical (unpaired) electrons. The molecule has 0 bridgehead atoms. The number of allylic oxidation sites excluding steroid dienone is 1. The van der Waals surface area contributed by atoms with Gasteiger partial charge in [0.2, 0.25) is 0 Å². The smallest absolute Gasteiger partial charge is 0.303 e. The Hall–Kier alpha value is -0.870. The van der Waals surface area contributed by atoms with E-state index < -0.39 is 0 Å². The summed E-state index contributed by atoms with van der Waals surface area (Å²) in [4.78, 5) is 11.3. The Morgan fingerprint density at radius 1 is 1.41 bits per heavy atom. The van der Waals surface area contributed by atoms with E-state index in [9.17, 15) is 4.79 Å². The van der Waals surface area contributed by atoms with Gasteiger partial charge in [0.05, 0.1) is 6.10 Å². The maximum absolute atomic E-state index is 11.3. The minimum absolute atomic E-state index is 0.0667. The third-order valence-corrected chi connectivity index (χ3v) is 6.33. The normalized spacial score (nSPS) is 47.4. The second kappa shape index (κ2) is 5.64. The molecule has 124 valence electrons. The summed E-state index contributed by atoms with van der Waals surface area (Å²) in [7, 11) is 1.73. The van der Waals surface area contributed by atoms with Crippen molar-refractivity contribution < 1.29 is 19.0 Å². The lowest BCUT2D eigenvalue weighted by atomic mass is 9.52. The molecule has 22 heavy (non-hydrogen) atoms. The molecule has 3 aliphatic rings. The highest BCUT2D eigenvalue weighted by molar-refractivity contribution is 5.66. The molecule has 2 fully saturated rings. The monoisotopic (exact) mass is 308 g/mol. The highest BCUT2D eigenvalue weighted by Gasteiger charge is 2.58. The van der Waals surface area contributed by atoms with Crippen LogP contribution in [-0.4, -0.2) is 31.6 Å². The molecule has 0 aromatic heterocycles. The molecule has 3 rings (SSSR count). The summed E-state index contributed by atoms with van der Waals surface area (Å²) >= 11 is 0. The van der Waals surface area contributed by atoms with Gasteiger partial charge in [-0.25, -0.2) is 0 Å². The fraction of sp³-hybridized carbons (Fsp3) is 0.833. The fourth-order valence-electron chi connectivity index (χ4n) is 5.21. The van der Waals surface area contributed by atoms with Crippen LogP contribution in [0.25, 0.3) is 0 Å². The number of fused-ring (bicyclic) bond motifs is 3. The maximum Gasteiger partial charge on any atom is 0.303 e. The van der Waals surface area contributed by atoms with Crippen LogP contribution in [0.2, 0.25) is 0 Å². The van der Waals surface area contributed by atoms with Gasteiger partial charge in [0.1, 0.15) is 6.10 Å². The average molecular weight is 308 g/mol. The van der Waals surface area contributed by atoms with Gasteiger partial charge < -0.3 is 14.2 Å². The van der Waals surface area contributed by atoms with Crippen molar-refractivity contribution in [1.29, 1.82) is 0 Å². The van der Waals surface area contributed by atoms with Gasteiger partial charge in [0.25, 0.3) is 0 Å². The van der Waals surface area contributed by atoms with E-state index in [2.05, 4.69) is 26.8 Å². The van der Waals surface area contributed by atoms with Gasteiger partial charge in [-0.05, 0) is 36.7 Å². The van der Waals surface area contributed by atoms with Crippen LogP contribution in [-0.2, 0) is 19.0 Å². The highest BCUT2D eigenvalue weighted by atomic mass is 16.7. The van der Waals surface area contributed by atoms with Gasteiger partial charge >= 0.3 is 5.97 Å². The summed E-state index contributed by atoms with van der Waals surface area (Å²) in [6.07, 6.45) is 5.30. The summed E-state index contributed by atoms with van der Waals surface area (Å²) < 4.78 is 17.1. The van der Waals surface area contributed by atoms with Crippen LogP contribution in [0.1, 0.15) is 47.0 Å². The molecule has 0 spiro atoms. The van der Waals surface area contributed by atoms with Gasteiger partial charge in [0.15, 0.2) is 6.29 Å². The molecule has 0 aromatic carbocycles.